The fourth-order valence-corrected chi connectivity index (χ4v) is 12.3. The quantitative estimate of drug-likeness (QED) is 0.255. The molecule has 4 fully saturated rings. The number of hydrogen-bond donors (Lipinski definition) is 2. The van der Waals surface area contributed by atoms with E-state index in [1.807, 2.05) is 56.1 Å². The molecule has 5 aliphatic carbocycles. The molecule has 0 spiro atoms. The normalized spacial score (nSPS) is 33.5. The van der Waals surface area contributed by atoms with Gasteiger partial charge in [0.2, 0.25) is 5.91 Å². The molecule has 4 saturated carbocycles. The van der Waals surface area contributed by atoms with Gasteiger partial charge in [0, 0.05) is 30.5 Å². The van der Waals surface area contributed by atoms with Gasteiger partial charge < -0.3 is 24.5 Å². The molecule has 2 amide bonds. The summed E-state index contributed by atoms with van der Waals surface area (Å²) in [5.74, 6) is 1.12. The smallest absolute Gasteiger partial charge is 0.407 e. The van der Waals surface area contributed by atoms with Gasteiger partial charge in [0.25, 0.3) is 0 Å². The minimum absolute atomic E-state index is 0.0441. The molecule has 2 N–H and O–H groups in total. The van der Waals surface area contributed by atoms with E-state index in [0.29, 0.717) is 11.8 Å². The molecule has 8 heteroatoms. The van der Waals surface area contributed by atoms with Crippen molar-refractivity contribution < 1.29 is 23.8 Å². The summed E-state index contributed by atoms with van der Waals surface area (Å²) in [7, 11) is 1.91. The van der Waals surface area contributed by atoms with Crippen LogP contribution in [0, 0.1) is 34.5 Å². The van der Waals surface area contributed by atoms with Gasteiger partial charge in [0.1, 0.15) is 12.6 Å². The predicted octanol–water partition coefficient (Wildman–Crippen LogP) is 8.27. The van der Waals surface area contributed by atoms with E-state index in [1.165, 1.54) is 17.2 Å². The number of hydrogen-bond acceptors (Lipinski definition) is 6. The monoisotopic (exact) mass is 720 g/mol. The first-order valence-electron chi connectivity index (χ1n) is 20.0. The van der Waals surface area contributed by atoms with E-state index in [0.717, 1.165) is 74.5 Å². The van der Waals surface area contributed by atoms with Gasteiger partial charge in [-0.15, -0.1) is 0 Å². The van der Waals surface area contributed by atoms with Gasteiger partial charge in [-0.1, -0.05) is 76.2 Å². The molecule has 1 heterocycles. The van der Waals surface area contributed by atoms with Crippen molar-refractivity contribution in [3.63, 3.8) is 0 Å². The van der Waals surface area contributed by atoms with Gasteiger partial charge in [-0.2, -0.15) is 0 Å². The number of nitrogens with one attached hydrogen (secondary N) is 1. The molecule has 1 aromatic heterocycles. The second-order valence-corrected chi connectivity index (χ2v) is 17.9. The number of aliphatic hydroxyl groups is 1. The molecule has 5 aliphatic rings. The molecule has 8 nitrogen and oxygen atoms in total. The first-order valence-corrected chi connectivity index (χ1v) is 20.0. The lowest BCUT2D eigenvalue weighted by molar-refractivity contribution is -0.203. The maximum atomic E-state index is 14.1. The summed E-state index contributed by atoms with van der Waals surface area (Å²) >= 11 is 0. The van der Waals surface area contributed by atoms with Crippen LogP contribution in [0.15, 0.2) is 76.1 Å². The SMILES string of the molecule is CC(C)[C@@H](NC(=O)OCC1c2ccccc2-c2ccccc21)C(=O)N(C)C1CC[C@@]2(C)[C@H](CC[C@@H]3[C@@H]2CC[C@]2(C)[C@@H](c4ccc(=O)oc4)CC[C@]32O)C1. The third-order valence-electron chi connectivity index (χ3n) is 15.4. The van der Waals surface area contributed by atoms with Crippen LogP contribution in [0.1, 0.15) is 114 Å². The second kappa shape index (κ2) is 13.4. The molecule has 53 heavy (non-hydrogen) atoms. The number of rotatable bonds is 7. The zero-order valence-corrected chi connectivity index (χ0v) is 32.0. The van der Waals surface area contributed by atoms with Crippen molar-refractivity contribution in [2.24, 2.45) is 34.5 Å². The summed E-state index contributed by atoms with van der Waals surface area (Å²) in [5, 5.41) is 15.6. The number of benzene rings is 2. The Balaban J connectivity index is 0.908. The minimum Gasteiger partial charge on any atom is -0.449 e. The number of carbonyl (C=O) groups excluding carboxylic acids is 2. The number of amides is 2. The van der Waals surface area contributed by atoms with Crippen molar-refractivity contribution in [3.05, 3.63) is 94.0 Å². The average molecular weight is 721 g/mol. The van der Waals surface area contributed by atoms with Gasteiger partial charge >= 0.3 is 11.7 Å². The fourth-order valence-electron chi connectivity index (χ4n) is 12.3. The summed E-state index contributed by atoms with van der Waals surface area (Å²) in [4.78, 5) is 41.1. The molecular formula is C45H56N2O6. The van der Waals surface area contributed by atoms with Crippen molar-refractivity contribution in [3.8, 4) is 11.1 Å². The molecule has 0 bridgehead atoms. The number of fused-ring (bicyclic) bond motifs is 8. The van der Waals surface area contributed by atoms with Gasteiger partial charge in [-0.3, -0.25) is 4.79 Å². The Morgan fingerprint density at radius 3 is 2.26 bits per heavy atom. The Bertz CT molecular complexity index is 1870. The highest BCUT2D eigenvalue weighted by atomic mass is 16.5. The lowest BCUT2D eigenvalue weighted by Gasteiger charge is -2.64. The molecule has 1 unspecified atom stereocenters. The van der Waals surface area contributed by atoms with Gasteiger partial charge in [-0.05, 0) is 127 Å². The number of alkyl carbamates (subject to hydrolysis) is 1. The first kappa shape index (κ1) is 36.1. The molecule has 0 radical (unpaired) electrons. The Morgan fingerprint density at radius 2 is 1.60 bits per heavy atom. The lowest BCUT2D eigenvalue weighted by atomic mass is 9.43. The maximum absolute atomic E-state index is 14.1. The fraction of sp³-hybridized carbons (Fsp3) is 0.578. The van der Waals surface area contributed by atoms with Gasteiger partial charge in [-0.25, -0.2) is 9.59 Å². The van der Waals surface area contributed by atoms with Crippen LogP contribution in [0.3, 0.4) is 0 Å². The van der Waals surface area contributed by atoms with Gasteiger partial charge in [0.05, 0.1) is 11.9 Å². The summed E-state index contributed by atoms with van der Waals surface area (Å²) in [6, 6.07) is 19.4. The molecule has 3 aromatic rings. The van der Waals surface area contributed by atoms with Crippen LogP contribution in [0.2, 0.25) is 0 Å². The molecule has 0 aliphatic heterocycles. The standard InChI is InChI=1S/C45H56N2O6/c1-27(2)40(46-42(50)53-26-35-33-12-8-6-10-31(33)32-11-7-9-13-34(32)35)41(49)47(5)30-18-21-43(3)29(24-30)15-16-38-37(43)19-22-44(4)36(20-23-45(38,44)51)28-14-17-39(48)52-25-28/h6-14,17,25,27,29-30,35-38,40,51H,15-16,18-24,26H2,1-5H3,(H,46,50)/t29-,30?,36-,37+,38-,40-,43+,44-,45+/m1/s1. The summed E-state index contributed by atoms with van der Waals surface area (Å²) < 4.78 is 11.1. The Kier molecular flexibility index (Phi) is 9.15. The lowest BCUT2D eigenvalue weighted by Crippen LogP contribution is -2.62. The molecule has 0 saturated heterocycles. The number of carbonyl (C=O) groups is 2. The van der Waals surface area contributed by atoms with Crippen molar-refractivity contribution in [2.75, 3.05) is 13.7 Å². The van der Waals surface area contributed by atoms with E-state index in [9.17, 15) is 19.5 Å². The largest absolute Gasteiger partial charge is 0.449 e. The zero-order chi connectivity index (χ0) is 37.3. The van der Waals surface area contributed by atoms with E-state index in [4.69, 9.17) is 9.15 Å². The molecule has 8 rings (SSSR count). The second-order valence-electron chi connectivity index (χ2n) is 17.9. The van der Waals surface area contributed by atoms with Crippen LogP contribution in [-0.2, 0) is 9.53 Å². The summed E-state index contributed by atoms with van der Waals surface area (Å²) in [6.07, 6.45) is 9.70. The molecular weight excluding hydrogens is 665 g/mol. The summed E-state index contributed by atoms with van der Waals surface area (Å²) in [6.45, 7) is 8.90. The minimum atomic E-state index is -0.746. The topological polar surface area (TPSA) is 109 Å². The van der Waals surface area contributed by atoms with E-state index in [2.05, 4.69) is 43.4 Å². The van der Waals surface area contributed by atoms with Crippen molar-refractivity contribution in [1.82, 2.24) is 10.2 Å². The van der Waals surface area contributed by atoms with Crippen LogP contribution in [0.25, 0.3) is 11.1 Å². The van der Waals surface area contributed by atoms with Crippen LogP contribution < -0.4 is 10.9 Å². The number of ether oxygens (including phenoxy) is 1. The number of likely N-dealkylation sites (N-methyl/N-ethyl adjacent to an activating group) is 1. The molecule has 9 atom stereocenters. The van der Waals surface area contributed by atoms with E-state index < -0.39 is 17.7 Å². The zero-order valence-electron chi connectivity index (χ0n) is 32.0. The average Bonchev–Trinajstić information content (AvgIpc) is 3.63. The highest BCUT2D eigenvalue weighted by molar-refractivity contribution is 5.86. The molecule has 2 aromatic carbocycles. The predicted molar refractivity (Wildman–Crippen MR) is 204 cm³/mol. The highest BCUT2D eigenvalue weighted by Crippen LogP contribution is 2.70. The van der Waals surface area contributed by atoms with Crippen molar-refractivity contribution in [2.45, 2.75) is 115 Å². The van der Waals surface area contributed by atoms with E-state index >= 15 is 0 Å². The highest BCUT2D eigenvalue weighted by Gasteiger charge is 2.67. The van der Waals surface area contributed by atoms with Crippen LogP contribution in [0.5, 0.6) is 0 Å². The first-order chi connectivity index (χ1) is 25.4. The van der Waals surface area contributed by atoms with E-state index in [1.54, 1.807) is 6.26 Å². The third kappa shape index (κ3) is 5.77. The third-order valence-corrected chi connectivity index (χ3v) is 15.4. The van der Waals surface area contributed by atoms with Crippen LogP contribution >= 0.6 is 0 Å². The van der Waals surface area contributed by atoms with Gasteiger partial charge in [0.15, 0.2) is 0 Å². The van der Waals surface area contributed by atoms with Crippen molar-refractivity contribution in [1.29, 1.82) is 0 Å². The van der Waals surface area contributed by atoms with Crippen LogP contribution in [0.4, 0.5) is 4.79 Å². The number of nitrogens with zero attached hydrogens (tertiary/aromatic N) is 1. The molecule has 282 valence electrons. The Hall–Kier alpha value is -3.91. The Morgan fingerprint density at radius 1 is 0.906 bits per heavy atom. The maximum Gasteiger partial charge on any atom is 0.407 e. The van der Waals surface area contributed by atoms with Crippen LogP contribution in [-0.4, -0.2) is 53.3 Å². The summed E-state index contributed by atoms with van der Waals surface area (Å²) in [5.41, 5.74) is 4.46. The Labute approximate surface area is 313 Å². The van der Waals surface area contributed by atoms with Crippen molar-refractivity contribution >= 4 is 12.0 Å². The van der Waals surface area contributed by atoms with E-state index in [-0.39, 0.29) is 58.7 Å².